The molecule has 2 aromatic heterocycles. The zero-order valence-corrected chi connectivity index (χ0v) is 16.1. The van der Waals surface area contributed by atoms with E-state index < -0.39 is 5.97 Å². The number of nitrogens with zero attached hydrogens (tertiary/aromatic N) is 2. The van der Waals surface area contributed by atoms with Gasteiger partial charge in [-0.05, 0) is 19.4 Å². The Labute approximate surface area is 160 Å². The molecule has 1 amide bonds. The fourth-order valence-electron chi connectivity index (χ4n) is 2.64. The number of hydrogen-bond acceptors (Lipinski definition) is 7. The molecule has 27 heavy (non-hydrogen) atoms. The minimum atomic E-state index is -0.525. The van der Waals surface area contributed by atoms with Gasteiger partial charge in [0.05, 0.1) is 19.2 Å². The van der Waals surface area contributed by atoms with E-state index in [9.17, 15) is 9.59 Å². The summed E-state index contributed by atoms with van der Waals surface area (Å²) in [6, 6.07) is 9.73. The van der Waals surface area contributed by atoms with Gasteiger partial charge in [0.25, 0.3) is 0 Å². The Kier molecular flexibility index (Phi) is 5.66. The molecule has 3 rings (SSSR count). The minimum absolute atomic E-state index is 0.127. The smallest absolute Gasteiger partial charge is 0.357 e. The van der Waals surface area contributed by atoms with E-state index in [0.717, 1.165) is 16.0 Å². The van der Waals surface area contributed by atoms with E-state index in [1.165, 1.54) is 18.4 Å². The number of methoxy groups -OCH3 is 1. The molecule has 0 saturated heterocycles. The lowest BCUT2D eigenvalue weighted by Gasteiger charge is -2.01. The second kappa shape index (κ2) is 8.13. The summed E-state index contributed by atoms with van der Waals surface area (Å²) in [5.74, 6) is -0.161. The van der Waals surface area contributed by atoms with E-state index in [0.29, 0.717) is 23.0 Å². The predicted octanol–water partition coefficient (Wildman–Crippen LogP) is 3.31. The van der Waals surface area contributed by atoms with Crippen LogP contribution in [0.1, 0.15) is 37.9 Å². The minimum Gasteiger partial charge on any atom is -0.464 e. The van der Waals surface area contributed by atoms with E-state index in [1.54, 1.807) is 13.8 Å². The lowest BCUT2D eigenvalue weighted by Crippen LogP contribution is -2.15. The number of hydrogen-bond donors (Lipinski definition) is 1. The highest BCUT2D eigenvalue weighted by molar-refractivity contribution is 7.16. The van der Waals surface area contributed by atoms with E-state index in [4.69, 9.17) is 9.26 Å². The van der Waals surface area contributed by atoms with Crippen LogP contribution in [-0.2, 0) is 22.4 Å². The fourth-order valence-corrected chi connectivity index (χ4v) is 3.64. The molecule has 3 aromatic rings. The van der Waals surface area contributed by atoms with Crippen molar-refractivity contribution in [3.63, 3.8) is 0 Å². The molecular weight excluding hydrogens is 366 g/mol. The summed E-state index contributed by atoms with van der Waals surface area (Å²) < 4.78 is 9.90. The van der Waals surface area contributed by atoms with Crippen LogP contribution in [0.2, 0.25) is 0 Å². The molecule has 0 aliphatic rings. The number of carbonyl (C=O) groups is 2. The first-order valence-electron chi connectivity index (χ1n) is 8.31. The van der Waals surface area contributed by atoms with Crippen LogP contribution < -0.4 is 5.32 Å². The summed E-state index contributed by atoms with van der Waals surface area (Å²) in [4.78, 5) is 29.4. The van der Waals surface area contributed by atoms with Gasteiger partial charge >= 0.3 is 5.97 Å². The lowest BCUT2D eigenvalue weighted by molar-refractivity contribution is -0.115. The molecule has 1 aromatic carbocycles. The van der Waals surface area contributed by atoms with Crippen LogP contribution >= 0.6 is 11.3 Å². The Morgan fingerprint density at radius 1 is 1.22 bits per heavy atom. The summed E-state index contributed by atoms with van der Waals surface area (Å²) in [6.07, 6.45) is 0.658. The maximum absolute atomic E-state index is 12.4. The second-order valence-corrected chi connectivity index (χ2v) is 7.06. The third kappa shape index (κ3) is 4.40. The quantitative estimate of drug-likeness (QED) is 0.654. The van der Waals surface area contributed by atoms with Crippen LogP contribution in [0.15, 0.2) is 34.9 Å². The number of ether oxygens (including phenoxy) is 1. The molecule has 0 unspecified atom stereocenters. The van der Waals surface area contributed by atoms with Gasteiger partial charge in [-0.25, -0.2) is 9.78 Å². The van der Waals surface area contributed by atoms with Gasteiger partial charge in [-0.3, -0.25) is 4.79 Å². The van der Waals surface area contributed by atoms with Gasteiger partial charge in [0.2, 0.25) is 5.91 Å². The number of amides is 1. The van der Waals surface area contributed by atoms with Crippen molar-refractivity contribution in [1.82, 2.24) is 10.1 Å². The average Bonchev–Trinajstić information content (AvgIpc) is 3.19. The Bertz CT molecular complexity index is 943. The van der Waals surface area contributed by atoms with E-state index in [-0.39, 0.29) is 18.0 Å². The highest BCUT2D eigenvalue weighted by Gasteiger charge is 2.21. The largest absolute Gasteiger partial charge is 0.464 e. The van der Waals surface area contributed by atoms with Crippen LogP contribution in [0.4, 0.5) is 5.13 Å². The summed E-state index contributed by atoms with van der Waals surface area (Å²) in [5, 5.41) is 6.96. The van der Waals surface area contributed by atoms with Gasteiger partial charge in [-0.15, -0.1) is 11.3 Å². The number of anilines is 1. The molecule has 2 heterocycles. The standard InChI is InChI=1S/C19H19N3O4S/c1-11-14(12(2)26-22-11)10-16(23)20-19-21-17(18(24)25-3)15(27-19)9-13-7-5-4-6-8-13/h4-8H,9-10H2,1-3H3,(H,20,21,23). The van der Waals surface area contributed by atoms with Crippen LogP contribution in [0.25, 0.3) is 0 Å². The molecule has 0 saturated carbocycles. The molecule has 140 valence electrons. The maximum atomic E-state index is 12.4. The monoisotopic (exact) mass is 385 g/mol. The zero-order chi connectivity index (χ0) is 19.4. The number of thiazole rings is 1. The van der Waals surface area contributed by atoms with Crippen molar-refractivity contribution in [2.24, 2.45) is 0 Å². The molecule has 0 fully saturated rings. The van der Waals surface area contributed by atoms with Crippen molar-refractivity contribution in [2.45, 2.75) is 26.7 Å². The third-order valence-corrected chi connectivity index (χ3v) is 5.02. The predicted molar refractivity (Wildman–Crippen MR) is 101 cm³/mol. The number of nitrogens with one attached hydrogen (secondary N) is 1. The van der Waals surface area contributed by atoms with Crippen molar-refractivity contribution >= 4 is 28.3 Å². The molecule has 0 aliphatic heterocycles. The van der Waals surface area contributed by atoms with Crippen LogP contribution in [0.5, 0.6) is 0 Å². The molecule has 0 radical (unpaired) electrons. The van der Waals surface area contributed by atoms with Gasteiger partial charge in [0.15, 0.2) is 10.8 Å². The normalized spacial score (nSPS) is 10.6. The van der Waals surface area contributed by atoms with E-state index >= 15 is 0 Å². The van der Waals surface area contributed by atoms with Crippen LogP contribution in [0.3, 0.4) is 0 Å². The first kappa shape index (κ1) is 18.8. The van der Waals surface area contributed by atoms with Crippen molar-refractivity contribution in [1.29, 1.82) is 0 Å². The SMILES string of the molecule is COC(=O)c1nc(NC(=O)Cc2c(C)noc2C)sc1Cc1ccccc1. The average molecular weight is 385 g/mol. The number of benzene rings is 1. The first-order valence-corrected chi connectivity index (χ1v) is 9.13. The van der Waals surface area contributed by atoms with E-state index in [1.807, 2.05) is 30.3 Å². The van der Waals surface area contributed by atoms with E-state index in [2.05, 4.69) is 15.5 Å². The first-order chi connectivity index (χ1) is 13.0. The Balaban J connectivity index is 1.79. The van der Waals surface area contributed by atoms with Gasteiger partial charge in [-0.2, -0.15) is 0 Å². The van der Waals surface area contributed by atoms with Gasteiger partial charge in [0, 0.05) is 16.9 Å². The molecule has 7 nitrogen and oxygen atoms in total. The third-order valence-electron chi connectivity index (χ3n) is 4.05. The van der Waals surface area contributed by atoms with Crippen molar-refractivity contribution in [2.75, 3.05) is 12.4 Å². The summed E-state index contributed by atoms with van der Waals surface area (Å²) in [7, 11) is 1.31. The number of carbonyl (C=O) groups excluding carboxylic acids is 2. The maximum Gasteiger partial charge on any atom is 0.357 e. The van der Waals surface area contributed by atoms with Crippen LogP contribution in [0, 0.1) is 13.8 Å². The molecular formula is C19H19N3O4S. The Morgan fingerprint density at radius 2 is 1.96 bits per heavy atom. The van der Waals surface area contributed by atoms with Gasteiger partial charge < -0.3 is 14.6 Å². The summed E-state index contributed by atoms with van der Waals surface area (Å²) >= 11 is 1.26. The molecule has 0 spiro atoms. The molecule has 0 aliphatic carbocycles. The Morgan fingerprint density at radius 3 is 2.59 bits per heavy atom. The topological polar surface area (TPSA) is 94.3 Å². The number of aromatic nitrogens is 2. The second-order valence-electron chi connectivity index (χ2n) is 5.97. The van der Waals surface area contributed by atoms with Gasteiger partial charge in [-0.1, -0.05) is 35.5 Å². The molecule has 0 bridgehead atoms. The summed E-state index contributed by atoms with van der Waals surface area (Å²) in [5.41, 5.74) is 2.70. The Hall–Kier alpha value is -3.00. The number of rotatable bonds is 6. The molecule has 8 heteroatoms. The highest BCUT2D eigenvalue weighted by Crippen LogP contribution is 2.27. The molecule has 0 atom stereocenters. The van der Waals surface area contributed by atoms with Crippen LogP contribution in [-0.4, -0.2) is 29.1 Å². The fraction of sp³-hybridized carbons (Fsp3) is 0.263. The number of aryl methyl sites for hydroxylation is 2. The van der Waals surface area contributed by atoms with Crippen molar-refractivity contribution in [3.05, 3.63) is 63.5 Å². The highest BCUT2D eigenvalue weighted by atomic mass is 32.1. The van der Waals surface area contributed by atoms with Crippen molar-refractivity contribution in [3.8, 4) is 0 Å². The molecule has 1 N–H and O–H groups in total. The zero-order valence-electron chi connectivity index (χ0n) is 15.2. The summed E-state index contributed by atoms with van der Waals surface area (Å²) in [6.45, 7) is 3.55. The lowest BCUT2D eigenvalue weighted by atomic mass is 10.1. The van der Waals surface area contributed by atoms with Crippen molar-refractivity contribution < 1.29 is 18.8 Å². The number of esters is 1. The van der Waals surface area contributed by atoms with Gasteiger partial charge in [0.1, 0.15) is 5.76 Å².